The Morgan fingerprint density at radius 3 is 3.00 bits per heavy atom. The number of rotatable bonds is 0. The number of anilines is 2. The van der Waals surface area contributed by atoms with E-state index in [1.165, 1.54) is 18.9 Å². The maximum atomic E-state index is 11.6. The van der Waals surface area contributed by atoms with Gasteiger partial charge < -0.3 is 10.5 Å². The Morgan fingerprint density at radius 1 is 1.56 bits per heavy atom. The lowest BCUT2D eigenvalue weighted by Crippen LogP contribution is -2.40. The number of fused-ring (bicyclic) bond motifs is 1. The maximum Gasteiger partial charge on any atom is 0.421 e. The molecule has 5 nitrogen and oxygen atoms in total. The van der Waals surface area contributed by atoms with E-state index in [0.29, 0.717) is 11.4 Å². The van der Waals surface area contributed by atoms with Gasteiger partial charge in [-0.3, -0.25) is 4.79 Å². The number of carbonyl (C=O) groups excluding carboxylic acids is 2. The molecule has 6 heteroatoms. The van der Waals surface area contributed by atoms with Crippen molar-refractivity contribution in [3.05, 3.63) is 18.2 Å². The van der Waals surface area contributed by atoms with Gasteiger partial charge in [-0.25, -0.2) is 9.69 Å². The Kier molecular flexibility index (Phi) is 2.74. The molecule has 2 rings (SSSR count). The van der Waals surface area contributed by atoms with Crippen molar-refractivity contribution in [3.63, 3.8) is 0 Å². The van der Waals surface area contributed by atoms with Crippen molar-refractivity contribution in [2.75, 3.05) is 23.5 Å². The first-order chi connectivity index (χ1) is 7.63. The second-order valence-corrected chi connectivity index (χ2v) is 4.23. The van der Waals surface area contributed by atoms with Crippen molar-refractivity contribution < 1.29 is 14.3 Å². The third-order valence-electron chi connectivity index (χ3n) is 2.18. The van der Waals surface area contributed by atoms with Crippen LogP contribution in [0.2, 0.25) is 0 Å². The number of ether oxygens (including phenoxy) is 1. The van der Waals surface area contributed by atoms with Crippen LogP contribution in [0.5, 0.6) is 0 Å². The summed E-state index contributed by atoms with van der Waals surface area (Å²) in [6, 6.07) is 5.12. The zero-order chi connectivity index (χ0) is 11.7. The third kappa shape index (κ3) is 1.71. The Bertz CT molecular complexity index is 461. The van der Waals surface area contributed by atoms with Crippen molar-refractivity contribution in [2.24, 2.45) is 0 Å². The highest BCUT2D eigenvalue weighted by molar-refractivity contribution is 8.00. The summed E-state index contributed by atoms with van der Waals surface area (Å²) in [5.41, 5.74) is 6.63. The van der Waals surface area contributed by atoms with Gasteiger partial charge in [0.05, 0.1) is 18.6 Å². The molecule has 0 unspecified atom stereocenters. The second kappa shape index (κ2) is 4.05. The van der Waals surface area contributed by atoms with E-state index in [2.05, 4.69) is 4.74 Å². The Labute approximate surface area is 96.5 Å². The molecule has 1 aromatic carbocycles. The molecule has 0 spiro atoms. The minimum atomic E-state index is -0.683. The number of nitrogens with two attached hydrogens (primary N) is 1. The summed E-state index contributed by atoms with van der Waals surface area (Å²) >= 11 is 1.38. The summed E-state index contributed by atoms with van der Waals surface area (Å²) in [7, 11) is 1.24. The summed E-state index contributed by atoms with van der Waals surface area (Å²) in [5.74, 6) is -0.0682. The highest BCUT2D eigenvalue weighted by Crippen LogP contribution is 2.36. The molecular weight excluding hydrogens is 228 g/mol. The number of amides is 2. The van der Waals surface area contributed by atoms with Crippen LogP contribution in [-0.4, -0.2) is 24.9 Å². The van der Waals surface area contributed by atoms with Crippen LogP contribution in [0.1, 0.15) is 0 Å². The van der Waals surface area contributed by atoms with Crippen molar-refractivity contribution in [1.29, 1.82) is 0 Å². The predicted molar refractivity (Wildman–Crippen MR) is 61.5 cm³/mol. The van der Waals surface area contributed by atoms with E-state index in [1.807, 2.05) is 0 Å². The summed E-state index contributed by atoms with van der Waals surface area (Å²) in [5, 5.41) is 0. The molecule has 0 bridgehead atoms. The minimum absolute atomic E-state index is 0.228. The van der Waals surface area contributed by atoms with Crippen LogP contribution in [0.4, 0.5) is 16.2 Å². The fraction of sp³-hybridized carbons (Fsp3) is 0.200. The lowest BCUT2D eigenvalue weighted by atomic mass is 10.2. The molecule has 0 radical (unpaired) electrons. The van der Waals surface area contributed by atoms with Crippen molar-refractivity contribution >= 4 is 35.1 Å². The summed E-state index contributed by atoms with van der Waals surface area (Å²) in [4.78, 5) is 25.0. The van der Waals surface area contributed by atoms with Crippen molar-refractivity contribution in [2.45, 2.75) is 4.90 Å². The van der Waals surface area contributed by atoms with Gasteiger partial charge in [0, 0.05) is 10.6 Å². The van der Waals surface area contributed by atoms with Gasteiger partial charge >= 0.3 is 6.09 Å². The van der Waals surface area contributed by atoms with Crippen LogP contribution < -0.4 is 10.6 Å². The van der Waals surface area contributed by atoms with E-state index >= 15 is 0 Å². The fourth-order valence-corrected chi connectivity index (χ4v) is 2.33. The topological polar surface area (TPSA) is 72.6 Å². The summed E-state index contributed by atoms with van der Waals surface area (Å²) in [6.07, 6.45) is -0.683. The van der Waals surface area contributed by atoms with E-state index in [1.54, 1.807) is 18.2 Å². The second-order valence-electron chi connectivity index (χ2n) is 3.22. The smallest absolute Gasteiger partial charge is 0.421 e. The van der Waals surface area contributed by atoms with E-state index < -0.39 is 6.09 Å². The van der Waals surface area contributed by atoms with Gasteiger partial charge in [-0.1, -0.05) is 0 Å². The van der Waals surface area contributed by atoms with Gasteiger partial charge in [-0.05, 0) is 18.2 Å². The number of imide groups is 1. The van der Waals surface area contributed by atoms with E-state index in [9.17, 15) is 9.59 Å². The first-order valence-electron chi connectivity index (χ1n) is 4.56. The normalized spacial score (nSPS) is 14.6. The lowest BCUT2D eigenvalue weighted by Gasteiger charge is -2.26. The molecule has 1 aromatic rings. The third-order valence-corrected chi connectivity index (χ3v) is 3.23. The van der Waals surface area contributed by atoms with E-state index in [-0.39, 0.29) is 11.7 Å². The van der Waals surface area contributed by atoms with Crippen LogP contribution >= 0.6 is 11.8 Å². The van der Waals surface area contributed by atoms with Gasteiger partial charge in [-0.2, -0.15) is 0 Å². The Balaban J connectivity index is 2.50. The first kappa shape index (κ1) is 10.8. The number of thioether (sulfide) groups is 1. The minimum Gasteiger partial charge on any atom is -0.452 e. The van der Waals surface area contributed by atoms with Crippen molar-refractivity contribution in [1.82, 2.24) is 0 Å². The van der Waals surface area contributed by atoms with Crippen LogP contribution in [0.15, 0.2) is 23.1 Å². The average Bonchev–Trinajstić information content (AvgIpc) is 2.28. The monoisotopic (exact) mass is 238 g/mol. The molecule has 0 atom stereocenters. The van der Waals surface area contributed by atoms with Crippen molar-refractivity contribution in [3.8, 4) is 0 Å². The largest absolute Gasteiger partial charge is 0.452 e. The molecule has 0 saturated carbocycles. The van der Waals surface area contributed by atoms with Crippen LogP contribution in [-0.2, 0) is 9.53 Å². The van der Waals surface area contributed by atoms with Gasteiger partial charge in [0.15, 0.2) is 0 Å². The molecule has 0 aromatic heterocycles. The molecule has 0 fully saturated rings. The number of nitrogen functional groups attached to an aromatic ring is 1. The molecule has 2 amide bonds. The first-order valence-corrected chi connectivity index (χ1v) is 5.55. The molecule has 84 valence electrons. The van der Waals surface area contributed by atoms with Gasteiger partial charge in [0.1, 0.15) is 0 Å². The molecule has 2 N–H and O–H groups in total. The Hall–Kier alpha value is -1.69. The van der Waals surface area contributed by atoms with Gasteiger partial charge in [0.2, 0.25) is 5.91 Å². The van der Waals surface area contributed by atoms with Crippen LogP contribution in [0.3, 0.4) is 0 Å². The Morgan fingerprint density at radius 2 is 2.31 bits per heavy atom. The number of hydrogen-bond donors (Lipinski definition) is 1. The number of nitrogens with zero attached hydrogens (tertiary/aromatic N) is 1. The number of hydrogen-bond acceptors (Lipinski definition) is 5. The number of benzene rings is 1. The molecule has 16 heavy (non-hydrogen) atoms. The highest BCUT2D eigenvalue weighted by atomic mass is 32.2. The molecule has 1 heterocycles. The van der Waals surface area contributed by atoms with Crippen LogP contribution in [0.25, 0.3) is 0 Å². The molecule has 0 saturated heterocycles. The maximum absolute atomic E-state index is 11.6. The highest BCUT2D eigenvalue weighted by Gasteiger charge is 2.30. The zero-order valence-electron chi connectivity index (χ0n) is 8.60. The van der Waals surface area contributed by atoms with E-state index in [0.717, 1.165) is 9.80 Å². The fourth-order valence-electron chi connectivity index (χ4n) is 1.46. The molecule has 1 aliphatic rings. The lowest BCUT2D eigenvalue weighted by molar-refractivity contribution is -0.115. The van der Waals surface area contributed by atoms with Crippen LogP contribution in [0, 0.1) is 0 Å². The quantitative estimate of drug-likeness (QED) is 0.693. The standard InChI is InChI=1S/C10H10N2O3S/c1-15-10(14)12-7-4-6(11)2-3-8(7)16-5-9(12)13/h2-4H,5,11H2,1H3. The zero-order valence-corrected chi connectivity index (χ0v) is 9.41. The molecular formula is C10H10N2O3S. The summed E-state index contributed by atoms with van der Waals surface area (Å²) in [6.45, 7) is 0. The number of methoxy groups -OCH3 is 1. The average molecular weight is 238 g/mol. The van der Waals surface area contributed by atoms with Gasteiger partial charge in [0.25, 0.3) is 0 Å². The summed E-state index contributed by atoms with van der Waals surface area (Å²) < 4.78 is 4.57. The number of carbonyl (C=O) groups is 2. The van der Waals surface area contributed by atoms with Gasteiger partial charge in [-0.15, -0.1) is 11.8 Å². The SMILES string of the molecule is COC(=O)N1C(=O)CSc2ccc(N)cc21. The molecule has 0 aliphatic carbocycles. The predicted octanol–water partition coefficient (Wildman–Crippen LogP) is 1.47. The van der Waals surface area contributed by atoms with E-state index in [4.69, 9.17) is 5.73 Å². The molecule has 1 aliphatic heterocycles.